The van der Waals surface area contributed by atoms with Gasteiger partial charge < -0.3 is 19.4 Å². The number of anilines is 1. The van der Waals surface area contributed by atoms with Gasteiger partial charge in [0.2, 0.25) is 11.8 Å². The molecule has 26 heavy (non-hydrogen) atoms. The molecule has 0 spiro atoms. The Morgan fingerprint density at radius 2 is 2.04 bits per heavy atom. The zero-order chi connectivity index (χ0) is 18.1. The van der Waals surface area contributed by atoms with Crippen molar-refractivity contribution in [2.24, 2.45) is 0 Å². The predicted molar refractivity (Wildman–Crippen MR) is 99.3 cm³/mol. The molecule has 0 radical (unpaired) electrons. The topological polar surface area (TPSA) is 71.8 Å². The average molecular weight is 352 g/mol. The van der Waals surface area contributed by atoms with Crippen molar-refractivity contribution in [3.8, 4) is 5.75 Å². The van der Waals surface area contributed by atoms with Crippen molar-refractivity contribution in [2.75, 3.05) is 25.5 Å². The largest absolute Gasteiger partial charge is 0.495 e. The minimum atomic E-state index is -0.242. The van der Waals surface area contributed by atoms with Gasteiger partial charge in [0.1, 0.15) is 16.9 Å². The summed E-state index contributed by atoms with van der Waals surface area (Å²) in [6.07, 6.45) is 2.35. The summed E-state index contributed by atoms with van der Waals surface area (Å²) in [5.74, 6) is 0.350. The third-order valence-electron chi connectivity index (χ3n) is 4.73. The van der Waals surface area contributed by atoms with Gasteiger partial charge in [-0.2, -0.15) is 0 Å². The molecule has 0 unspecified atom stereocenters. The van der Waals surface area contributed by atoms with Gasteiger partial charge in [0.25, 0.3) is 0 Å². The Hall–Kier alpha value is -3.02. The summed E-state index contributed by atoms with van der Waals surface area (Å²) < 4.78 is 11.3. The van der Waals surface area contributed by atoms with Gasteiger partial charge in [-0.05, 0) is 25.0 Å². The zero-order valence-electron chi connectivity index (χ0n) is 14.6. The minimum absolute atomic E-state index is 0.0334. The summed E-state index contributed by atoms with van der Waals surface area (Å²) in [5.41, 5.74) is 2.00. The normalized spacial score (nSPS) is 14.8. The molecule has 2 heterocycles. The van der Waals surface area contributed by atoms with Gasteiger partial charge in [-0.1, -0.05) is 18.2 Å². The van der Waals surface area contributed by atoms with Crippen molar-refractivity contribution < 1.29 is 18.7 Å². The van der Waals surface area contributed by atoms with Crippen LogP contribution in [0.1, 0.15) is 19.3 Å². The smallest absolute Gasteiger partial charge is 0.244 e. The number of hydrogen-bond acceptors (Lipinski definition) is 4. The molecule has 0 saturated carbocycles. The number of fused-ring (bicyclic) bond motifs is 3. The van der Waals surface area contributed by atoms with Gasteiger partial charge in [-0.3, -0.25) is 9.59 Å². The van der Waals surface area contributed by atoms with E-state index in [1.807, 2.05) is 30.3 Å². The first-order valence-electron chi connectivity index (χ1n) is 8.72. The molecule has 1 N–H and O–H groups in total. The number of ether oxygens (including phenoxy) is 1. The monoisotopic (exact) mass is 352 g/mol. The van der Waals surface area contributed by atoms with Crippen LogP contribution in [0.3, 0.4) is 0 Å². The number of carbonyl (C=O) groups is 2. The molecule has 0 bridgehead atoms. The van der Waals surface area contributed by atoms with E-state index in [1.165, 1.54) is 0 Å². The molecule has 1 aliphatic heterocycles. The van der Waals surface area contributed by atoms with Crippen molar-refractivity contribution in [3.63, 3.8) is 0 Å². The summed E-state index contributed by atoms with van der Waals surface area (Å²) >= 11 is 0. The molecule has 0 atom stereocenters. The third kappa shape index (κ3) is 2.98. The van der Waals surface area contributed by atoms with E-state index in [0.29, 0.717) is 30.0 Å². The van der Waals surface area contributed by atoms with Crippen LogP contribution in [0.5, 0.6) is 5.75 Å². The lowest BCUT2D eigenvalue weighted by molar-refractivity contribution is -0.136. The summed E-state index contributed by atoms with van der Waals surface area (Å²) in [5, 5.41) is 4.78. The number of methoxy groups -OCH3 is 1. The minimum Gasteiger partial charge on any atom is -0.495 e. The highest BCUT2D eigenvalue weighted by molar-refractivity contribution is 6.08. The number of nitrogens with one attached hydrogen (secondary N) is 1. The van der Waals surface area contributed by atoms with Crippen LogP contribution in [-0.4, -0.2) is 36.9 Å². The summed E-state index contributed by atoms with van der Waals surface area (Å²) in [6.45, 7) is 0.687. The van der Waals surface area contributed by atoms with E-state index < -0.39 is 0 Å². The molecule has 1 aliphatic rings. The fourth-order valence-electron chi connectivity index (χ4n) is 3.41. The highest BCUT2D eigenvalue weighted by Crippen LogP contribution is 2.36. The number of amides is 2. The van der Waals surface area contributed by atoms with E-state index in [9.17, 15) is 9.59 Å². The second kappa shape index (κ2) is 6.71. The molecule has 3 aromatic rings. The molecule has 134 valence electrons. The maximum atomic E-state index is 12.4. The molecular weight excluding hydrogens is 332 g/mol. The van der Waals surface area contributed by atoms with E-state index in [0.717, 1.165) is 29.2 Å². The summed E-state index contributed by atoms with van der Waals surface area (Å²) in [7, 11) is 1.56. The molecular formula is C20H20N2O4. The number of hydrogen-bond donors (Lipinski definition) is 1. The van der Waals surface area contributed by atoms with Crippen molar-refractivity contribution in [1.29, 1.82) is 0 Å². The Balaban J connectivity index is 1.61. The van der Waals surface area contributed by atoms with E-state index in [-0.39, 0.29) is 18.4 Å². The number of benzene rings is 2. The third-order valence-corrected chi connectivity index (χ3v) is 4.73. The van der Waals surface area contributed by atoms with Gasteiger partial charge in [-0.15, -0.1) is 0 Å². The molecule has 1 saturated heterocycles. The predicted octanol–water partition coefficient (Wildman–Crippen LogP) is 3.55. The lowest BCUT2D eigenvalue weighted by atomic mass is 10.1. The van der Waals surface area contributed by atoms with Crippen LogP contribution in [0.15, 0.2) is 40.8 Å². The van der Waals surface area contributed by atoms with Crippen molar-refractivity contribution in [2.45, 2.75) is 19.3 Å². The molecule has 2 aromatic carbocycles. The second-order valence-corrected chi connectivity index (χ2v) is 6.47. The molecule has 6 heteroatoms. The van der Waals surface area contributed by atoms with Gasteiger partial charge in [0.05, 0.1) is 19.3 Å². The Morgan fingerprint density at radius 3 is 2.85 bits per heavy atom. The molecule has 4 rings (SSSR count). The second-order valence-electron chi connectivity index (χ2n) is 6.47. The lowest BCUT2D eigenvalue weighted by Crippen LogP contribution is -2.40. The Labute approximate surface area is 150 Å². The van der Waals surface area contributed by atoms with Crippen LogP contribution in [0.2, 0.25) is 0 Å². The Kier molecular flexibility index (Phi) is 4.24. The van der Waals surface area contributed by atoms with Gasteiger partial charge >= 0.3 is 0 Å². The van der Waals surface area contributed by atoms with E-state index in [2.05, 4.69) is 5.32 Å². The Bertz CT molecular complexity index is 992. The van der Waals surface area contributed by atoms with Crippen LogP contribution in [0.4, 0.5) is 5.69 Å². The van der Waals surface area contributed by atoms with Crippen molar-refractivity contribution in [1.82, 2.24) is 4.90 Å². The van der Waals surface area contributed by atoms with E-state index >= 15 is 0 Å². The highest BCUT2D eigenvalue weighted by atomic mass is 16.5. The SMILES string of the molecule is COc1cc2c(cc1NC(=O)CN1CCCCC1=O)oc1ccccc12. The van der Waals surface area contributed by atoms with E-state index in [4.69, 9.17) is 9.15 Å². The number of nitrogens with zero attached hydrogens (tertiary/aromatic N) is 1. The molecule has 0 aliphatic carbocycles. The molecule has 2 amide bonds. The first-order chi connectivity index (χ1) is 12.7. The maximum Gasteiger partial charge on any atom is 0.244 e. The quantitative estimate of drug-likeness (QED) is 0.779. The van der Waals surface area contributed by atoms with Gasteiger partial charge in [0, 0.05) is 29.8 Å². The van der Waals surface area contributed by atoms with Crippen molar-refractivity contribution in [3.05, 3.63) is 36.4 Å². The fourth-order valence-corrected chi connectivity index (χ4v) is 3.41. The number of rotatable bonds is 4. The fraction of sp³-hybridized carbons (Fsp3) is 0.300. The summed E-state index contributed by atoms with van der Waals surface area (Å²) in [4.78, 5) is 25.9. The number of carbonyl (C=O) groups excluding carboxylic acids is 2. The van der Waals surface area contributed by atoms with Crippen LogP contribution in [0.25, 0.3) is 21.9 Å². The standard InChI is InChI=1S/C20H20N2O4/c1-25-18-10-14-13-6-2-3-7-16(13)26-17(14)11-15(18)21-19(23)12-22-9-5-4-8-20(22)24/h2-3,6-7,10-11H,4-5,8-9,12H2,1H3,(H,21,23). The van der Waals surface area contributed by atoms with Gasteiger partial charge in [0.15, 0.2) is 0 Å². The van der Waals surface area contributed by atoms with Crippen LogP contribution in [0, 0.1) is 0 Å². The van der Waals surface area contributed by atoms with Crippen LogP contribution >= 0.6 is 0 Å². The molecule has 1 fully saturated rings. The number of para-hydroxylation sites is 1. The first kappa shape index (κ1) is 16.4. The number of piperidine rings is 1. The maximum absolute atomic E-state index is 12.4. The Morgan fingerprint density at radius 1 is 1.19 bits per heavy atom. The lowest BCUT2D eigenvalue weighted by Gasteiger charge is -2.26. The van der Waals surface area contributed by atoms with Crippen LogP contribution < -0.4 is 10.1 Å². The first-order valence-corrected chi connectivity index (χ1v) is 8.72. The average Bonchev–Trinajstić information content (AvgIpc) is 3.00. The number of likely N-dealkylation sites (tertiary alicyclic amines) is 1. The zero-order valence-corrected chi connectivity index (χ0v) is 14.6. The van der Waals surface area contributed by atoms with Crippen molar-refractivity contribution >= 4 is 39.4 Å². The van der Waals surface area contributed by atoms with Gasteiger partial charge in [-0.25, -0.2) is 0 Å². The van der Waals surface area contributed by atoms with E-state index in [1.54, 1.807) is 18.1 Å². The molecule has 1 aromatic heterocycles. The molecule has 6 nitrogen and oxygen atoms in total. The van der Waals surface area contributed by atoms with Crippen LogP contribution in [-0.2, 0) is 9.59 Å². The number of furan rings is 1. The highest BCUT2D eigenvalue weighted by Gasteiger charge is 2.21. The summed E-state index contributed by atoms with van der Waals surface area (Å²) in [6, 6.07) is 11.4.